The van der Waals surface area contributed by atoms with Crippen LogP contribution in [0.2, 0.25) is 10.2 Å². The highest BCUT2D eigenvalue weighted by Gasteiger charge is 2.23. The number of nitrogens with one attached hydrogen (secondary N) is 1. The molecular weight excluding hydrogens is 551 g/mol. The van der Waals surface area contributed by atoms with Gasteiger partial charge in [0.1, 0.15) is 6.04 Å². The van der Waals surface area contributed by atoms with Crippen LogP contribution in [0.25, 0.3) is 28.1 Å². The van der Waals surface area contributed by atoms with Crippen LogP contribution in [0.4, 0.5) is 8.78 Å². The number of H-pyrrole nitrogens is 1. The van der Waals surface area contributed by atoms with Gasteiger partial charge in [0.15, 0.2) is 23.5 Å². The van der Waals surface area contributed by atoms with Crippen molar-refractivity contribution in [2.45, 2.75) is 12.6 Å². The maximum Gasteiger partial charge on any atom is 0.308 e. The molecule has 6 rings (SSSR count). The van der Waals surface area contributed by atoms with Crippen molar-refractivity contribution >= 4 is 23.2 Å². The fourth-order valence-corrected chi connectivity index (χ4v) is 4.57. The zero-order valence-corrected chi connectivity index (χ0v) is 21.6. The standard InChI is InChI=1S/C24H17Cl2F2N11/c1-36-20(9-30-34-36)15-7-32-38(10-15)21(12-37-11-16(27)8-31-37)18-4-2-14(6-29-18)23-19(5-3-17(25)24(23)28)39-13-22(26)33-35-39/h2-11,13,21H,12H2,1H3/p+1/t21-/m0/s1. The predicted molar refractivity (Wildman–Crippen MR) is 136 cm³/mol. The van der Waals surface area contributed by atoms with Crippen LogP contribution in [-0.4, -0.2) is 49.9 Å². The Morgan fingerprint density at radius 2 is 1.87 bits per heavy atom. The molecule has 5 heterocycles. The summed E-state index contributed by atoms with van der Waals surface area (Å²) in [6, 6.07) is 6.10. The molecule has 6 aromatic rings. The molecule has 5 aromatic heterocycles. The lowest BCUT2D eigenvalue weighted by Crippen LogP contribution is -2.33. The van der Waals surface area contributed by atoms with Crippen LogP contribution < -0.4 is 4.68 Å². The van der Waals surface area contributed by atoms with E-state index < -0.39 is 17.7 Å². The van der Waals surface area contributed by atoms with Gasteiger partial charge in [0, 0.05) is 30.6 Å². The summed E-state index contributed by atoms with van der Waals surface area (Å²) in [5.41, 5.74) is 3.27. The van der Waals surface area contributed by atoms with Gasteiger partial charge >= 0.3 is 5.15 Å². The molecule has 0 bridgehead atoms. The van der Waals surface area contributed by atoms with Crippen LogP contribution in [0.5, 0.6) is 0 Å². The van der Waals surface area contributed by atoms with Crippen LogP contribution in [0.15, 0.2) is 67.6 Å². The van der Waals surface area contributed by atoms with Crippen LogP contribution in [0.3, 0.4) is 0 Å². The predicted octanol–water partition coefficient (Wildman–Crippen LogP) is 3.81. The summed E-state index contributed by atoms with van der Waals surface area (Å²) >= 11 is 12.1. The van der Waals surface area contributed by atoms with Crippen LogP contribution in [0, 0.1) is 11.6 Å². The minimum Gasteiger partial charge on any atom is -0.267 e. The van der Waals surface area contributed by atoms with Crippen molar-refractivity contribution in [2.24, 2.45) is 7.05 Å². The number of hydrogen-bond acceptors (Lipinski definition) is 6. The Hall–Kier alpha value is -4.49. The summed E-state index contributed by atoms with van der Waals surface area (Å²) in [7, 11) is 1.78. The van der Waals surface area contributed by atoms with Crippen LogP contribution >= 0.6 is 23.2 Å². The lowest BCUT2D eigenvalue weighted by Gasteiger charge is -2.18. The van der Waals surface area contributed by atoms with Crippen molar-refractivity contribution < 1.29 is 13.5 Å². The van der Waals surface area contributed by atoms with Crippen molar-refractivity contribution in [3.63, 3.8) is 0 Å². The zero-order valence-electron chi connectivity index (χ0n) is 20.1. The van der Waals surface area contributed by atoms with Crippen LogP contribution in [-0.2, 0) is 13.6 Å². The Bertz CT molecular complexity index is 1770. The first-order chi connectivity index (χ1) is 18.9. The van der Waals surface area contributed by atoms with Crippen molar-refractivity contribution in [1.29, 1.82) is 0 Å². The fraction of sp³-hybridized carbons (Fsp3) is 0.125. The number of aromatic amines is 1. The molecule has 0 amide bonds. The average molecular weight is 569 g/mol. The normalized spacial score (nSPS) is 12.2. The number of aryl methyl sites for hydroxylation is 1. The van der Waals surface area contributed by atoms with E-state index >= 15 is 4.39 Å². The molecule has 0 aliphatic rings. The third-order valence-corrected chi connectivity index (χ3v) is 6.62. The second kappa shape index (κ2) is 10.0. The van der Waals surface area contributed by atoms with Gasteiger partial charge in [-0.3, -0.25) is 14.3 Å². The van der Waals surface area contributed by atoms with E-state index in [1.165, 1.54) is 34.0 Å². The molecule has 1 aromatic carbocycles. The number of hydrogen-bond donors (Lipinski definition) is 1. The quantitative estimate of drug-likeness (QED) is 0.293. The maximum atomic E-state index is 15.3. The van der Waals surface area contributed by atoms with Crippen molar-refractivity contribution in [3.05, 3.63) is 95.1 Å². The second-order valence-corrected chi connectivity index (χ2v) is 9.40. The summed E-state index contributed by atoms with van der Waals surface area (Å²) < 4.78 is 35.3. The Morgan fingerprint density at radius 1 is 1.00 bits per heavy atom. The van der Waals surface area contributed by atoms with Gasteiger partial charge in [0.05, 0.1) is 58.4 Å². The average Bonchev–Trinajstić information content (AvgIpc) is 3.73. The molecule has 0 saturated heterocycles. The molecule has 0 aliphatic heterocycles. The highest BCUT2D eigenvalue weighted by molar-refractivity contribution is 6.31. The number of pyridine rings is 1. The highest BCUT2D eigenvalue weighted by Crippen LogP contribution is 2.32. The lowest BCUT2D eigenvalue weighted by molar-refractivity contribution is -0.659. The largest absolute Gasteiger partial charge is 0.308 e. The van der Waals surface area contributed by atoms with Crippen molar-refractivity contribution in [1.82, 2.24) is 49.9 Å². The minimum atomic E-state index is -0.619. The third-order valence-electron chi connectivity index (χ3n) is 6.14. The molecule has 1 atom stereocenters. The minimum absolute atomic E-state index is 0.0450. The van der Waals surface area contributed by atoms with Gasteiger partial charge in [-0.05, 0) is 29.8 Å². The number of halogens is 4. The third kappa shape index (κ3) is 4.77. The number of aromatic nitrogens is 11. The Morgan fingerprint density at radius 3 is 2.54 bits per heavy atom. The number of nitrogens with zero attached hydrogens (tertiary/aromatic N) is 10. The molecule has 15 heteroatoms. The van der Waals surface area contributed by atoms with Gasteiger partial charge in [0.25, 0.3) is 0 Å². The van der Waals surface area contributed by atoms with Gasteiger partial charge in [0.2, 0.25) is 0 Å². The molecule has 39 heavy (non-hydrogen) atoms. The molecule has 0 aliphatic carbocycles. The fourth-order valence-electron chi connectivity index (χ4n) is 4.28. The van der Waals surface area contributed by atoms with Gasteiger partial charge in [-0.15, -0.1) is 9.78 Å². The van der Waals surface area contributed by atoms with Crippen LogP contribution in [0.1, 0.15) is 11.7 Å². The number of rotatable bonds is 7. The molecular formula is C24H18Cl2F2N11+. The summed E-state index contributed by atoms with van der Waals surface area (Å²) in [6.07, 6.45) is 10.6. The Labute approximate surface area is 229 Å². The first-order valence-corrected chi connectivity index (χ1v) is 12.3. The van der Waals surface area contributed by atoms with Gasteiger partial charge in [-0.2, -0.15) is 10.2 Å². The maximum absolute atomic E-state index is 15.3. The topological polar surface area (TPSA) is 112 Å². The Balaban J connectivity index is 1.40. The van der Waals surface area contributed by atoms with Gasteiger partial charge in [-0.1, -0.05) is 28.1 Å². The van der Waals surface area contributed by atoms with Crippen molar-refractivity contribution in [2.75, 3.05) is 0 Å². The lowest BCUT2D eigenvalue weighted by atomic mass is 10.0. The molecule has 196 valence electrons. The van der Waals surface area contributed by atoms with Crippen molar-refractivity contribution in [3.8, 4) is 28.1 Å². The summed E-state index contributed by atoms with van der Waals surface area (Å²) in [5, 5.41) is 23.3. The molecule has 0 fully saturated rings. The monoisotopic (exact) mass is 568 g/mol. The molecule has 11 nitrogen and oxygen atoms in total. The van der Waals surface area contributed by atoms with E-state index in [0.29, 0.717) is 16.9 Å². The highest BCUT2D eigenvalue weighted by atomic mass is 35.5. The first-order valence-electron chi connectivity index (χ1n) is 11.5. The summed E-state index contributed by atoms with van der Waals surface area (Å²) in [4.78, 5) is 4.64. The smallest absolute Gasteiger partial charge is 0.267 e. The van der Waals surface area contributed by atoms with Gasteiger partial charge < -0.3 is 0 Å². The molecule has 0 saturated carbocycles. The number of benzene rings is 1. The van der Waals surface area contributed by atoms with E-state index in [4.69, 9.17) is 23.2 Å². The SMILES string of the molecule is Cn1nncc1-c1cnn([C@@H](Cn2cc(F)cn2)c2ccc(-c3c(-[n+]4cc(Cl)n[nH]4)ccc(Cl)c3F)cn2)c1. The summed E-state index contributed by atoms with van der Waals surface area (Å²) in [5.74, 6) is -1.08. The summed E-state index contributed by atoms with van der Waals surface area (Å²) in [6.45, 7) is 0.236. The molecule has 1 N–H and O–H groups in total. The van der Waals surface area contributed by atoms with E-state index in [2.05, 4.69) is 35.8 Å². The van der Waals surface area contributed by atoms with E-state index in [9.17, 15) is 4.39 Å². The van der Waals surface area contributed by atoms with Gasteiger partial charge in [-0.25, -0.2) is 13.5 Å². The van der Waals surface area contributed by atoms with E-state index in [0.717, 1.165) is 17.5 Å². The van der Waals surface area contributed by atoms with E-state index in [1.54, 1.807) is 47.0 Å². The zero-order chi connectivity index (χ0) is 27.1. The first kappa shape index (κ1) is 24.8. The van der Waals surface area contributed by atoms with E-state index in [-0.39, 0.29) is 22.3 Å². The molecule has 0 radical (unpaired) electrons. The molecule has 0 unspecified atom stereocenters. The molecule has 0 spiro atoms. The van der Waals surface area contributed by atoms with E-state index in [1.807, 2.05) is 6.20 Å². The Kier molecular flexibility index (Phi) is 6.37. The second-order valence-electron chi connectivity index (χ2n) is 8.61.